The van der Waals surface area contributed by atoms with E-state index < -0.39 is 10.0 Å². The van der Waals surface area contributed by atoms with Crippen molar-refractivity contribution in [3.05, 3.63) is 63.1 Å². The van der Waals surface area contributed by atoms with Crippen LogP contribution in [0, 0.1) is 0 Å². The molecule has 1 heterocycles. The van der Waals surface area contributed by atoms with Gasteiger partial charge < -0.3 is 4.90 Å². The lowest BCUT2D eigenvalue weighted by molar-refractivity contribution is -0.133. The van der Waals surface area contributed by atoms with Gasteiger partial charge in [0.2, 0.25) is 15.9 Å². The summed E-state index contributed by atoms with van der Waals surface area (Å²) in [6.07, 6.45) is 0.575. The first-order valence-corrected chi connectivity index (χ1v) is 10.8. The molecular weight excluding hydrogens is 407 g/mol. The van der Waals surface area contributed by atoms with E-state index in [2.05, 4.69) is 4.72 Å². The molecule has 0 unspecified atom stereocenters. The lowest BCUT2D eigenvalue weighted by Gasteiger charge is -2.36. The first kappa shape index (κ1) is 20.1. The topological polar surface area (TPSA) is 66.5 Å². The Morgan fingerprint density at radius 2 is 1.81 bits per heavy atom. The Labute approximate surface area is 169 Å². The van der Waals surface area contributed by atoms with E-state index in [4.69, 9.17) is 23.2 Å². The number of hydrogen-bond acceptors (Lipinski definition) is 3. The second kappa shape index (κ2) is 7.80. The number of hydrogen-bond donors (Lipinski definition) is 1. The van der Waals surface area contributed by atoms with Crippen LogP contribution in [0.25, 0.3) is 0 Å². The number of carbonyl (C=O) groups is 1. The van der Waals surface area contributed by atoms with Gasteiger partial charge in [0.25, 0.3) is 0 Å². The summed E-state index contributed by atoms with van der Waals surface area (Å²) in [6, 6.07) is 10.1. The van der Waals surface area contributed by atoms with E-state index in [-0.39, 0.29) is 23.3 Å². The number of fused-ring (bicyclic) bond motifs is 1. The van der Waals surface area contributed by atoms with E-state index in [0.29, 0.717) is 28.6 Å². The van der Waals surface area contributed by atoms with Crippen molar-refractivity contribution in [2.45, 2.75) is 30.7 Å². The van der Waals surface area contributed by atoms with Gasteiger partial charge in [0.1, 0.15) is 0 Å². The predicted molar refractivity (Wildman–Crippen MR) is 107 cm³/mol. The minimum Gasteiger partial charge on any atom is -0.335 e. The van der Waals surface area contributed by atoms with Gasteiger partial charge in [0.05, 0.1) is 17.4 Å². The van der Waals surface area contributed by atoms with Crippen molar-refractivity contribution in [3.8, 4) is 0 Å². The van der Waals surface area contributed by atoms with Gasteiger partial charge in [0.15, 0.2) is 0 Å². The molecule has 1 aliphatic heterocycles. The molecule has 8 heteroatoms. The Bertz CT molecular complexity index is 972. The molecule has 5 nitrogen and oxygen atoms in total. The lowest BCUT2D eigenvalue weighted by Crippen LogP contribution is -2.40. The Morgan fingerprint density at radius 3 is 2.44 bits per heavy atom. The number of benzene rings is 2. The average molecular weight is 427 g/mol. The minimum atomic E-state index is -3.55. The van der Waals surface area contributed by atoms with Crippen molar-refractivity contribution in [3.63, 3.8) is 0 Å². The van der Waals surface area contributed by atoms with Crippen molar-refractivity contribution < 1.29 is 13.2 Å². The van der Waals surface area contributed by atoms with E-state index in [1.165, 1.54) is 7.05 Å². The average Bonchev–Trinajstić information content (AvgIpc) is 2.64. The van der Waals surface area contributed by atoms with Crippen LogP contribution < -0.4 is 4.72 Å². The van der Waals surface area contributed by atoms with Gasteiger partial charge in [-0.05, 0) is 55.3 Å². The van der Waals surface area contributed by atoms with Crippen molar-refractivity contribution in [1.82, 2.24) is 9.62 Å². The number of nitrogens with zero attached hydrogens (tertiary/aromatic N) is 1. The summed E-state index contributed by atoms with van der Waals surface area (Å²) in [4.78, 5) is 14.9. The summed E-state index contributed by atoms with van der Waals surface area (Å²) in [7, 11) is -2.16. The fourth-order valence-corrected chi connectivity index (χ4v) is 5.04. The van der Waals surface area contributed by atoms with Gasteiger partial charge in [-0.2, -0.15) is 0 Å². The van der Waals surface area contributed by atoms with Crippen molar-refractivity contribution >= 4 is 39.1 Å². The number of nitrogens with one attached hydrogen (secondary N) is 1. The number of sulfonamides is 1. The summed E-state index contributed by atoms with van der Waals surface area (Å²) >= 11 is 12.4. The summed E-state index contributed by atoms with van der Waals surface area (Å²) in [5, 5.41) is 0.923. The standard InChI is InChI=1S/C19H20Cl2N2O3S/c1-12-13-5-3-8-18(27(25,26)22-2)14(13)9-10-23(12)19(24)11-15-16(20)6-4-7-17(15)21/h3-8,12,22H,9-11H2,1-2H3/t12-/m0/s1. The molecule has 2 aromatic carbocycles. The molecule has 0 saturated carbocycles. The molecule has 0 aliphatic carbocycles. The third kappa shape index (κ3) is 3.85. The Hall–Kier alpha value is -1.60. The zero-order valence-electron chi connectivity index (χ0n) is 15.0. The molecule has 0 bridgehead atoms. The fraction of sp³-hybridized carbons (Fsp3) is 0.316. The van der Waals surface area contributed by atoms with Crippen LogP contribution in [0.5, 0.6) is 0 Å². The highest BCUT2D eigenvalue weighted by molar-refractivity contribution is 7.89. The fourth-order valence-electron chi connectivity index (χ4n) is 3.49. The first-order valence-electron chi connectivity index (χ1n) is 8.54. The number of amides is 1. The van der Waals surface area contributed by atoms with E-state index >= 15 is 0 Å². The van der Waals surface area contributed by atoms with Gasteiger partial charge in [-0.3, -0.25) is 4.79 Å². The molecule has 1 amide bonds. The second-order valence-electron chi connectivity index (χ2n) is 6.42. The molecule has 0 radical (unpaired) electrons. The van der Waals surface area contributed by atoms with Gasteiger partial charge in [-0.15, -0.1) is 0 Å². The van der Waals surface area contributed by atoms with Crippen molar-refractivity contribution in [1.29, 1.82) is 0 Å². The highest BCUT2D eigenvalue weighted by atomic mass is 35.5. The predicted octanol–water partition coefficient (Wildman–Crippen LogP) is 3.59. The Balaban J connectivity index is 1.90. The molecular formula is C19H20Cl2N2O3S. The largest absolute Gasteiger partial charge is 0.335 e. The van der Waals surface area contributed by atoms with Crippen molar-refractivity contribution in [2.75, 3.05) is 13.6 Å². The molecule has 1 aliphatic rings. The lowest BCUT2D eigenvalue weighted by atomic mass is 9.93. The van der Waals surface area contributed by atoms with Gasteiger partial charge in [0, 0.05) is 16.6 Å². The number of halogens is 2. The highest BCUT2D eigenvalue weighted by Gasteiger charge is 2.31. The zero-order chi connectivity index (χ0) is 19.8. The maximum absolute atomic E-state index is 12.9. The van der Waals surface area contributed by atoms with Crippen LogP contribution in [0.4, 0.5) is 0 Å². The van der Waals surface area contributed by atoms with E-state index in [1.54, 1.807) is 35.2 Å². The molecule has 1 N–H and O–H groups in total. The maximum atomic E-state index is 12.9. The molecule has 0 fully saturated rings. The highest BCUT2D eigenvalue weighted by Crippen LogP contribution is 2.34. The molecule has 0 saturated heterocycles. The third-order valence-corrected chi connectivity index (χ3v) is 7.17. The smallest absolute Gasteiger partial charge is 0.240 e. The van der Waals surface area contributed by atoms with E-state index in [1.807, 2.05) is 13.0 Å². The molecule has 3 rings (SSSR count). The summed E-state index contributed by atoms with van der Waals surface area (Å²) in [5.74, 6) is -0.0926. The second-order valence-corrected chi connectivity index (χ2v) is 9.09. The molecule has 27 heavy (non-hydrogen) atoms. The number of carbonyl (C=O) groups excluding carboxylic acids is 1. The molecule has 1 atom stereocenters. The monoisotopic (exact) mass is 426 g/mol. The van der Waals surface area contributed by atoms with Crippen LogP contribution in [0.15, 0.2) is 41.3 Å². The number of rotatable bonds is 4. The minimum absolute atomic E-state index is 0.0926. The molecule has 0 aromatic heterocycles. The SMILES string of the molecule is CNS(=O)(=O)c1cccc2c1CCN(C(=O)Cc1c(Cl)cccc1Cl)[C@H]2C. The first-order chi connectivity index (χ1) is 12.8. The van der Waals surface area contributed by atoms with Gasteiger partial charge in [-0.25, -0.2) is 13.1 Å². The van der Waals surface area contributed by atoms with E-state index in [0.717, 1.165) is 11.1 Å². The van der Waals surface area contributed by atoms with Crippen LogP contribution >= 0.6 is 23.2 Å². The summed E-state index contributed by atoms with van der Waals surface area (Å²) in [6.45, 7) is 2.34. The maximum Gasteiger partial charge on any atom is 0.240 e. The van der Waals surface area contributed by atoms with Gasteiger partial charge in [-0.1, -0.05) is 41.4 Å². The van der Waals surface area contributed by atoms with Crippen LogP contribution in [-0.4, -0.2) is 32.8 Å². The Morgan fingerprint density at radius 1 is 1.19 bits per heavy atom. The zero-order valence-corrected chi connectivity index (χ0v) is 17.3. The normalized spacial score (nSPS) is 16.9. The van der Waals surface area contributed by atoms with Crippen LogP contribution in [0.2, 0.25) is 10.0 Å². The van der Waals surface area contributed by atoms with Crippen LogP contribution in [-0.2, 0) is 27.7 Å². The van der Waals surface area contributed by atoms with Crippen LogP contribution in [0.1, 0.15) is 29.7 Å². The van der Waals surface area contributed by atoms with Crippen LogP contribution in [0.3, 0.4) is 0 Å². The molecule has 144 valence electrons. The molecule has 2 aromatic rings. The third-order valence-electron chi connectivity index (χ3n) is 4.96. The van der Waals surface area contributed by atoms with Crippen molar-refractivity contribution in [2.24, 2.45) is 0 Å². The Kier molecular flexibility index (Phi) is 5.82. The van der Waals surface area contributed by atoms with E-state index in [9.17, 15) is 13.2 Å². The van der Waals surface area contributed by atoms with Gasteiger partial charge >= 0.3 is 0 Å². The molecule has 0 spiro atoms. The quantitative estimate of drug-likeness (QED) is 0.811. The summed E-state index contributed by atoms with van der Waals surface area (Å²) in [5.41, 5.74) is 2.21. The summed E-state index contributed by atoms with van der Waals surface area (Å²) < 4.78 is 26.9.